The Morgan fingerprint density at radius 1 is 0.767 bits per heavy atom. The fourth-order valence-corrected chi connectivity index (χ4v) is 4.21. The Kier molecular flexibility index (Phi) is 11.2. The van der Waals surface area contributed by atoms with E-state index in [0.717, 1.165) is 18.4 Å². The van der Waals surface area contributed by atoms with Crippen molar-refractivity contribution in [2.45, 2.75) is 82.4 Å². The maximum Gasteiger partial charge on any atom is 0.276 e. The Morgan fingerprint density at radius 3 is 1.93 bits per heavy atom. The Hall–Kier alpha value is -2.14. The van der Waals surface area contributed by atoms with Gasteiger partial charge in [0.05, 0.1) is 11.1 Å². The van der Waals surface area contributed by atoms with Gasteiger partial charge in [-0.25, -0.2) is 4.83 Å². The van der Waals surface area contributed by atoms with Crippen LogP contribution in [0.2, 0.25) is 0 Å². The first-order valence-corrected chi connectivity index (χ1v) is 12.8. The molecule has 30 heavy (non-hydrogen) atoms. The number of nitrogens with one attached hydrogen (secondary N) is 1. The summed E-state index contributed by atoms with van der Waals surface area (Å²) in [6, 6.07) is 16.5. The van der Waals surface area contributed by atoms with Crippen LogP contribution < -0.4 is 4.83 Å². The molecule has 4 nitrogen and oxygen atoms in total. The van der Waals surface area contributed by atoms with Gasteiger partial charge in [0.25, 0.3) is 10.0 Å². The number of unbranched alkanes of at least 4 members (excludes halogenated alkanes) is 9. The second kappa shape index (κ2) is 14.0. The largest absolute Gasteiger partial charge is 0.276 e. The third-order valence-electron chi connectivity index (χ3n) is 5.24. The van der Waals surface area contributed by atoms with Gasteiger partial charge in [-0.1, -0.05) is 107 Å². The number of hydrazone groups is 1. The van der Waals surface area contributed by atoms with E-state index in [4.69, 9.17) is 0 Å². The lowest BCUT2D eigenvalue weighted by Gasteiger charge is -2.06. The number of sulfonamides is 1. The summed E-state index contributed by atoms with van der Waals surface area (Å²) < 4.78 is 24.7. The van der Waals surface area contributed by atoms with Crippen molar-refractivity contribution in [2.24, 2.45) is 5.10 Å². The van der Waals surface area contributed by atoms with Gasteiger partial charge >= 0.3 is 0 Å². The zero-order valence-electron chi connectivity index (χ0n) is 18.2. The highest BCUT2D eigenvalue weighted by atomic mass is 32.2. The number of hydrogen-bond donors (Lipinski definition) is 1. The van der Waals surface area contributed by atoms with Crippen molar-refractivity contribution in [1.29, 1.82) is 0 Å². The molecule has 0 radical (unpaired) electrons. The maximum absolute atomic E-state index is 12.4. The normalized spacial score (nSPS) is 11.8. The van der Waals surface area contributed by atoms with Crippen molar-refractivity contribution in [3.8, 4) is 0 Å². The van der Waals surface area contributed by atoms with E-state index in [-0.39, 0.29) is 4.90 Å². The van der Waals surface area contributed by atoms with E-state index in [1.165, 1.54) is 69.6 Å². The van der Waals surface area contributed by atoms with Crippen LogP contribution in [0.1, 0.15) is 82.3 Å². The van der Waals surface area contributed by atoms with Gasteiger partial charge in [0.15, 0.2) is 0 Å². The lowest BCUT2D eigenvalue weighted by atomic mass is 10.0. The van der Waals surface area contributed by atoms with Crippen LogP contribution in [-0.2, 0) is 16.4 Å². The van der Waals surface area contributed by atoms with Crippen LogP contribution >= 0.6 is 0 Å². The van der Waals surface area contributed by atoms with Crippen LogP contribution in [0.3, 0.4) is 0 Å². The van der Waals surface area contributed by atoms with Gasteiger partial charge in [-0.05, 0) is 36.1 Å². The van der Waals surface area contributed by atoms with Gasteiger partial charge in [-0.15, -0.1) is 0 Å². The first kappa shape index (κ1) is 24.1. The minimum atomic E-state index is -3.64. The summed E-state index contributed by atoms with van der Waals surface area (Å²) in [4.78, 5) is 2.51. The SMILES string of the molecule is CCCCCCCCCCCCc1ccc(S(=O)(=O)N/N=C\c2ccccc2)cc1. The van der Waals surface area contributed by atoms with Crippen LogP contribution in [0.5, 0.6) is 0 Å². The summed E-state index contributed by atoms with van der Waals surface area (Å²) in [6.45, 7) is 2.26. The van der Waals surface area contributed by atoms with E-state index in [9.17, 15) is 8.42 Å². The molecule has 0 aliphatic heterocycles. The zero-order valence-corrected chi connectivity index (χ0v) is 19.0. The molecule has 0 aliphatic rings. The van der Waals surface area contributed by atoms with Gasteiger partial charge in [-0.2, -0.15) is 13.5 Å². The molecule has 5 heteroatoms. The summed E-state index contributed by atoms with van der Waals surface area (Å²) in [6.07, 6.45) is 15.7. The first-order chi connectivity index (χ1) is 14.6. The van der Waals surface area contributed by atoms with E-state index in [0.29, 0.717) is 0 Å². The Bertz CT molecular complexity index is 831. The third kappa shape index (κ3) is 9.57. The molecule has 0 unspecified atom stereocenters. The van der Waals surface area contributed by atoms with Crippen molar-refractivity contribution >= 4 is 16.2 Å². The molecule has 0 atom stereocenters. The van der Waals surface area contributed by atoms with Crippen molar-refractivity contribution in [3.05, 3.63) is 65.7 Å². The lowest BCUT2D eigenvalue weighted by molar-refractivity contribution is 0.556. The van der Waals surface area contributed by atoms with E-state index in [1.54, 1.807) is 12.1 Å². The molecule has 2 aromatic rings. The van der Waals surface area contributed by atoms with Crippen LogP contribution in [0.4, 0.5) is 0 Å². The third-order valence-corrected chi connectivity index (χ3v) is 6.48. The van der Waals surface area contributed by atoms with Gasteiger partial charge in [0, 0.05) is 0 Å². The molecule has 0 aromatic heterocycles. The number of rotatable bonds is 15. The van der Waals surface area contributed by atoms with Crippen molar-refractivity contribution in [2.75, 3.05) is 0 Å². The Morgan fingerprint density at radius 2 is 1.33 bits per heavy atom. The second-order valence-electron chi connectivity index (χ2n) is 7.84. The van der Waals surface area contributed by atoms with Gasteiger partial charge in [0.2, 0.25) is 0 Å². The van der Waals surface area contributed by atoms with Gasteiger partial charge in [0.1, 0.15) is 0 Å². The standard InChI is InChI=1S/C25H36N2O2S/c1-2-3-4-5-6-7-8-9-10-12-15-23-18-20-25(21-19-23)30(28,29)27-26-22-24-16-13-11-14-17-24/h11,13-14,16-22,27H,2-10,12,15H2,1H3/b26-22-. The topological polar surface area (TPSA) is 58.5 Å². The molecule has 2 rings (SSSR count). The molecular formula is C25H36N2O2S. The van der Waals surface area contributed by atoms with Gasteiger partial charge < -0.3 is 0 Å². The minimum Gasteiger partial charge on any atom is -0.200 e. The highest BCUT2D eigenvalue weighted by Crippen LogP contribution is 2.15. The Labute approximate surface area is 182 Å². The van der Waals surface area contributed by atoms with Crippen LogP contribution in [0, 0.1) is 0 Å². The fourth-order valence-electron chi connectivity index (χ4n) is 3.41. The summed E-state index contributed by atoms with van der Waals surface area (Å²) in [5.74, 6) is 0. The maximum atomic E-state index is 12.4. The molecule has 0 saturated heterocycles. The first-order valence-electron chi connectivity index (χ1n) is 11.3. The average Bonchev–Trinajstić information content (AvgIpc) is 2.76. The van der Waals surface area contributed by atoms with Gasteiger partial charge in [-0.3, -0.25) is 0 Å². The number of hydrogen-bond acceptors (Lipinski definition) is 3. The predicted molar refractivity (Wildman–Crippen MR) is 126 cm³/mol. The molecule has 0 fully saturated rings. The second-order valence-corrected chi connectivity index (χ2v) is 9.50. The smallest absolute Gasteiger partial charge is 0.200 e. The molecular weight excluding hydrogens is 392 g/mol. The highest BCUT2D eigenvalue weighted by Gasteiger charge is 2.12. The predicted octanol–water partition coefficient (Wildman–Crippen LogP) is 6.46. The van der Waals surface area contributed by atoms with E-state index >= 15 is 0 Å². The average molecular weight is 429 g/mol. The summed E-state index contributed by atoms with van der Waals surface area (Å²) in [5.41, 5.74) is 2.02. The van der Waals surface area contributed by atoms with Crippen LogP contribution in [0.15, 0.2) is 64.6 Å². The number of benzene rings is 2. The van der Waals surface area contributed by atoms with Crippen molar-refractivity contribution in [1.82, 2.24) is 4.83 Å². The fraction of sp³-hybridized carbons (Fsp3) is 0.480. The van der Waals surface area contributed by atoms with E-state index in [1.807, 2.05) is 42.5 Å². The minimum absolute atomic E-state index is 0.236. The quantitative estimate of drug-likeness (QED) is 0.201. The monoisotopic (exact) mass is 428 g/mol. The molecule has 0 amide bonds. The van der Waals surface area contributed by atoms with E-state index < -0.39 is 10.0 Å². The zero-order chi connectivity index (χ0) is 21.5. The number of aryl methyl sites for hydroxylation is 1. The molecule has 0 spiro atoms. The highest BCUT2D eigenvalue weighted by molar-refractivity contribution is 7.89. The Balaban J connectivity index is 1.66. The van der Waals surface area contributed by atoms with Crippen molar-refractivity contribution in [3.63, 3.8) is 0 Å². The summed E-state index contributed by atoms with van der Waals surface area (Å²) in [5, 5.41) is 3.85. The molecule has 1 N–H and O–H groups in total. The molecule has 0 heterocycles. The van der Waals surface area contributed by atoms with Crippen LogP contribution in [-0.4, -0.2) is 14.6 Å². The van der Waals surface area contributed by atoms with Crippen LogP contribution in [0.25, 0.3) is 0 Å². The summed E-state index contributed by atoms with van der Waals surface area (Å²) in [7, 11) is -3.64. The number of nitrogens with zero attached hydrogens (tertiary/aromatic N) is 1. The molecule has 2 aromatic carbocycles. The molecule has 164 valence electrons. The summed E-state index contributed by atoms with van der Waals surface area (Å²) >= 11 is 0. The molecule has 0 saturated carbocycles. The van der Waals surface area contributed by atoms with Crippen molar-refractivity contribution < 1.29 is 8.42 Å². The molecule has 0 bridgehead atoms. The van der Waals surface area contributed by atoms with E-state index in [2.05, 4.69) is 16.9 Å². The molecule has 0 aliphatic carbocycles. The lowest BCUT2D eigenvalue weighted by Crippen LogP contribution is -2.18.